The predicted octanol–water partition coefficient (Wildman–Crippen LogP) is 3.63. The zero-order chi connectivity index (χ0) is 22.4. The topological polar surface area (TPSA) is 72.2 Å². The van der Waals surface area contributed by atoms with Gasteiger partial charge in [0.2, 0.25) is 6.79 Å². The normalized spacial score (nSPS) is 15.9. The van der Waals surface area contributed by atoms with Crippen LogP contribution >= 0.6 is 0 Å². The van der Waals surface area contributed by atoms with Crippen LogP contribution in [0, 0.1) is 0 Å². The minimum atomic E-state index is -0.592. The third kappa shape index (κ3) is 3.60. The first-order valence-electron chi connectivity index (χ1n) is 11.0. The number of carbonyl (C=O) groups excluding carboxylic acids is 1. The van der Waals surface area contributed by atoms with Gasteiger partial charge in [0.1, 0.15) is 11.1 Å². The summed E-state index contributed by atoms with van der Waals surface area (Å²) in [6.45, 7) is 3.58. The molecule has 3 heterocycles. The number of benzene rings is 3. The second kappa shape index (κ2) is 7.94. The molecule has 7 heteroatoms. The van der Waals surface area contributed by atoms with Crippen molar-refractivity contribution in [3.05, 3.63) is 82.2 Å². The van der Waals surface area contributed by atoms with E-state index in [2.05, 4.69) is 4.90 Å². The molecule has 4 aromatic rings. The number of ether oxygens (including phenoxy) is 2. The number of amides is 1. The van der Waals surface area contributed by atoms with E-state index in [1.54, 1.807) is 17.0 Å². The second-order valence-corrected chi connectivity index (χ2v) is 8.40. The Morgan fingerprint density at radius 3 is 2.55 bits per heavy atom. The summed E-state index contributed by atoms with van der Waals surface area (Å²) in [5.41, 5.74) is 1.12. The lowest BCUT2D eigenvalue weighted by molar-refractivity contribution is 0.0624. The summed E-state index contributed by atoms with van der Waals surface area (Å²) in [6.07, 6.45) is 0. The monoisotopic (exact) mass is 442 g/mol. The van der Waals surface area contributed by atoms with E-state index in [0.717, 1.165) is 52.9 Å². The summed E-state index contributed by atoms with van der Waals surface area (Å²) in [6, 6.07) is 19.2. The van der Waals surface area contributed by atoms with Crippen molar-refractivity contribution in [3.8, 4) is 11.5 Å². The summed E-state index contributed by atoms with van der Waals surface area (Å²) >= 11 is 0. The van der Waals surface area contributed by atoms with Crippen molar-refractivity contribution in [2.45, 2.75) is 6.54 Å². The van der Waals surface area contributed by atoms with Crippen molar-refractivity contribution in [2.75, 3.05) is 33.0 Å². The molecular formula is C26H22N2O5. The number of hydrogen-bond donors (Lipinski definition) is 0. The smallest absolute Gasteiger partial charge is 0.349 e. The van der Waals surface area contributed by atoms with Gasteiger partial charge in [-0.25, -0.2) is 4.79 Å². The van der Waals surface area contributed by atoms with Crippen LogP contribution in [0.1, 0.15) is 15.9 Å². The van der Waals surface area contributed by atoms with Crippen LogP contribution in [0.2, 0.25) is 0 Å². The maximum absolute atomic E-state index is 13.2. The van der Waals surface area contributed by atoms with Gasteiger partial charge in [0.05, 0.1) is 0 Å². The van der Waals surface area contributed by atoms with Gasteiger partial charge in [-0.1, -0.05) is 36.4 Å². The first-order valence-corrected chi connectivity index (χ1v) is 11.0. The molecule has 33 heavy (non-hydrogen) atoms. The molecule has 1 saturated heterocycles. The van der Waals surface area contributed by atoms with E-state index in [0.29, 0.717) is 18.7 Å². The van der Waals surface area contributed by atoms with Crippen LogP contribution in [0.4, 0.5) is 0 Å². The number of hydrogen-bond acceptors (Lipinski definition) is 6. The lowest BCUT2D eigenvalue weighted by Gasteiger charge is -2.34. The quantitative estimate of drug-likeness (QED) is 0.356. The highest BCUT2D eigenvalue weighted by Gasteiger charge is 2.25. The van der Waals surface area contributed by atoms with E-state index in [1.807, 2.05) is 48.5 Å². The van der Waals surface area contributed by atoms with Gasteiger partial charge in [-0.05, 0) is 40.6 Å². The molecule has 1 fully saturated rings. The van der Waals surface area contributed by atoms with Crippen LogP contribution in [-0.2, 0) is 6.54 Å². The number of fused-ring (bicyclic) bond motifs is 4. The molecule has 6 rings (SSSR count). The van der Waals surface area contributed by atoms with Gasteiger partial charge >= 0.3 is 5.63 Å². The third-order valence-corrected chi connectivity index (χ3v) is 6.38. The number of nitrogens with zero attached hydrogens (tertiary/aromatic N) is 2. The molecule has 7 nitrogen and oxygen atoms in total. The molecule has 0 spiro atoms. The molecule has 0 N–H and O–H groups in total. The lowest BCUT2D eigenvalue weighted by atomic mass is 10.0. The largest absolute Gasteiger partial charge is 0.454 e. The maximum atomic E-state index is 13.2. The number of rotatable bonds is 3. The van der Waals surface area contributed by atoms with Crippen LogP contribution in [-0.4, -0.2) is 48.7 Å². The molecule has 1 aromatic heterocycles. The van der Waals surface area contributed by atoms with E-state index in [4.69, 9.17) is 13.9 Å². The molecule has 0 saturated carbocycles. The molecule has 1 amide bonds. The lowest BCUT2D eigenvalue weighted by Crippen LogP contribution is -2.49. The maximum Gasteiger partial charge on any atom is 0.349 e. The summed E-state index contributed by atoms with van der Waals surface area (Å²) in [7, 11) is 0. The molecule has 2 aliphatic rings. The standard InChI is InChI=1S/C26H22N2O5/c29-25(21-14-20-19-4-2-1-3-18(19)6-8-22(20)33-26(21)30)28-11-9-27(10-12-28)15-17-5-7-23-24(13-17)32-16-31-23/h1-8,13-14H,9-12,15-16H2. The molecule has 166 valence electrons. The van der Waals surface area contributed by atoms with Crippen molar-refractivity contribution in [3.63, 3.8) is 0 Å². The van der Waals surface area contributed by atoms with Crippen LogP contribution < -0.4 is 15.1 Å². The van der Waals surface area contributed by atoms with Gasteiger partial charge in [0, 0.05) is 38.1 Å². The van der Waals surface area contributed by atoms with Gasteiger partial charge in [0.15, 0.2) is 11.5 Å². The zero-order valence-corrected chi connectivity index (χ0v) is 18.0. The van der Waals surface area contributed by atoms with E-state index in [1.165, 1.54) is 0 Å². The fourth-order valence-electron chi connectivity index (χ4n) is 4.60. The van der Waals surface area contributed by atoms with Gasteiger partial charge < -0.3 is 18.8 Å². The van der Waals surface area contributed by atoms with Crippen molar-refractivity contribution < 1.29 is 18.7 Å². The summed E-state index contributed by atoms with van der Waals surface area (Å²) < 4.78 is 16.3. The molecule has 3 aromatic carbocycles. The minimum Gasteiger partial charge on any atom is -0.454 e. The highest BCUT2D eigenvalue weighted by molar-refractivity contribution is 6.07. The van der Waals surface area contributed by atoms with Gasteiger partial charge in [-0.15, -0.1) is 0 Å². The van der Waals surface area contributed by atoms with Gasteiger partial charge in [-0.3, -0.25) is 9.69 Å². The van der Waals surface area contributed by atoms with Crippen molar-refractivity contribution in [1.29, 1.82) is 0 Å². The molecule has 0 bridgehead atoms. The summed E-state index contributed by atoms with van der Waals surface area (Å²) in [5, 5.41) is 2.77. The first-order chi connectivity index (χ1) is 16.2. The fraction of sp³-hybridized carbons (Fsp3) is 0.231. The van der Waals surface area contributed by atoms with E-state index in [9.17, 15) is 9.59 Å². The van der Waals surface area contributed by atoms with Crippen molar-refractivity contribution >= 4 is 27.6 Å². The van der Waals surface area contributed by atoms with Crippen LogP contribution in [0.3, 0.4) is 0 Å². The molecule has 0 atom stereocenters. The molecule has 2 aliphatic heterocycles. The molecule has 0 radical (unpaired) electrons. The molecular weight excluding hydrogens is 420 g/mol. The SMILES string of the molecule is O=C(c1cc2c(ccc3ccccc32)oc1=O)N1CCN(Cc2ccc3c(c2)OCO3)CC1. The van der Waals surface area contributed by atoms with Crippen molar-refractivity contribution in [2.24, 2.45) is 0 Å². The first kappa shape index (κ1) is 19.8. The van der Waals surface area contributed by atoms with E-state index < -0.39 is 5.63 Å². The number of carbonyl (C=O) groups is 1. The van der Waals surface area contributed by atoms with E-state index in [-0.39, 0.29) is 18.3 Å². The Morgan fingerprint density at radius 2 is 1.67 bits per heavy atom. The van der Waals surface area contributed by atoms with Gasteiger partial charge in [0.25, 0.3) is 5.91 Å². The highest BCUT2D eigenvalue weighted by atomic mass is 16.7. The predicted molar refractivity (Wildman–Crippen MR) is 124 cm³/mol. The number of piperazine rings is 1. The Bertz CT molecular complexity index is 1440. The highest BCUT2D eigenvalue weighted by Crippen LogP contribution is 2.33. The Hall–Kier alpha value is -3.84. The van der Waals surface area contributed by atoms with E-state index >= 15 is 0 Å². The zero-order valence-electron chi connectivity index (χ0n) is 18.0. The average Bonchev–Trinajstić information content (AvgIpc) is 3.31. The molecule has 0 aliphatic carbocycles. The Kier molecular flexibility index (Phi) is 4.77. The second-order valence-electron chi connectivity index (χ2n) is 8.40. The van der Waals surface area contributed by atoms with Gasteiger partial charge in [-0.2, -0.15) is 0 Å². The fourth-order valence-corrected chi connectivity index (χ4v) is 4.60. The Morgan fingerprint density at radius 1 is 0.848 bits per heavy atom. The van der Waals surface area contributed by atoms with Crippen LogP contribution in [0.25, 0.3) is 21.7 Å². The summed E-state index contributed by atoms with van der Waals surface area (Å²) in [5.74, 6) is 1.27. The van der Waals surface area contributed by atoms with Crippen molar-refractivity contribution in [1.82, 2.24) is 9.80 Å². The third-order valence-electron chi connectivity index (χ3n) is 6.38. The van der Waals surface area contributed by atoms with Crippen LogP contribution in [0.5, 0.6) is 11.5 Å². The minimum absolute atomic E-state index is 0.0862. The summed E-state index contributed by atoms with van der Waals surface area (Å²) in [4.78, 5) is 29.8. The Labute approximate surface area is 189 Å². The van der Waals surface area contributed by atoms with Crippen LogP contribution in [0.15, 0.2) is 69.9 Å². The molecule has 0 unspecified atom stereocenters. The Balaban J connectivity index is 1.19. The average molecular weight is 442 g/mol.